The van der Waals surface area contributed by atoms with E-state index in [-0.39, 0.29) is 25.4 Å². The SMILES string of the molecule is C=O.COC(N)(CO)CO.OCC12COCN1COC2. The van der Waals surface area contributed by atoms with Crippen molar-refractivity contribution in [1.29, 1.82) is 0 Å². The van der Waals surface area contributed by atoms with E-state index in [0.29, 0.717) is 26.7 Å². The van der Waals surface area contributed by atoms with Gasteiger partial charge in [-0.25, -0.2) is 4.90 Å². The number of hydrogen-bond donors (Lipinski definition) is 4. The summed E-state index contributed by atoms with van der Waals surface area (Å²) in [6.45, 7) is 3.78. The molecule has 0 radical (unpaired) electrons. The molecule has 0 aliphatic carbocycles. The number of ether oxygens (including phenoxy) is 3. The lowest BCUT2D eigenvalue weighted by atomic mass is 10.0. The number of methoxy groups -OCH3 is 1. The summed E-state index contributed by atoms with van der Waals surface area (Å²) in [4.78, 5) is 10.0. The minimum absolute atomic E-state index is 0.132. The maximum absolute atomic E-state index is 9.03. The summed E-state index contributed by atoms with van der Waals surface area (Å²) in [7, 11) is 1.33. The van der Waals surface area contributed by atoms with Crippen molar-refractivity contribution in [3.05, 3.63) is 0 Å². The van der Waals surface area contributed by atoms with Crippen molar-refractivity contribution in [2.24, 2.45) is 5.73 Å². The highest BCUT2D eigenvalue weighted by atomic mass is 16.6. The van der Waals surface area contributed by atoms with Crippen molar-refractivity contribution in [2.45, 2.75) is 11.3 Å². The van der Waals surface area contributed by atoms with Crippen LogP contribution in [-0.4, -0.2) is 91.9 Å². The first-order chi connectivity index (χ1) is 9.55. The summed E-state index contributed by atoms with van der Waals surface area (Å²) in [5, 5.41) is 25.8. The molecule has 0 aromatic rings. The first-order valence-electron chi connectivity index (χ1n) is 5.92. The van der Waals surface area contributed by atoms with Crippen LogP contribution in [0.4, 0.5) is 0 Å². The molecule has 2 fully saturated rings. The highest BCUT2D eigenvalue weighted by Crippen LogP contribution is 2.27. The predicted molar refractivity (Wildman–Crippen MR) is 68.5 cm³/mol. The summed E-state index contributed by atoms with van der Waals surface area (Å²) < 4.78 is 14.9. The molecule has 120 valence electrons. The molecule has 9 nitrogen and oxygen atoms in total. The number of nitrogens with zero attached hydrogens (tertiary/aromatic N) is 1. The molecule has 20 heavy (non-hydrogen) atoms. The van der Waals surface area contributed by atoms with Gasteiger partial charge in [-0.1, -0.05) is 0 Å². The molecule has 0 aromatic heterocycles. The van der Waals surface area contributed by atoms with Gasteiger partial charge < -0.3 is 34.3 Å². The molecule has 2 saturated heterocycles. The van der Waals surface area contributed by atoms with Gasteiger partial charge in [-0.2, -0.15) is 0 Å². The predicted octanol–water partition coefficient (Wildman–Crippen LogP) is -2.92. The van der Waals surface area contributed by atoms with E-state index in [1.165, 1.54) is 7.11 Å². The third kappa shape index (κ3) is 4.72. The second-order valence-electron chi connectivity index (χ2n) is 4.46. The van der Waals surface area contributed by atoms with E-state index in [2.05, 4.69) is 4.74 Å². The van der Waals surface area contributed by atoms with E-state index in [0.717, 1.165) is 0 Å². The van der Waals surface area contributed by atoms with E-state index < -0.39 is 5.72 Å². The zero-order valence-electron chi connectivity index (χ0n) is 11.7. The van der Waals surface area contributed by atoms with Gasteiger partial charge in [0.2, 0.25) is 0 Å². The number of aliphatic hydroxyl groups is 3. The Balaban J connectivity index is 0.000000330. The van der Waals surface area contributed by atoms with Gasteiger partial charge in [-0.3, -0.25) is 5.73 Å². The van der Waals surface area contributed by atoms with Crippen LogP contribution in [0.25, 0.3) is 0 Å². The van der Waals surface area contributed by atoms with Crippen LogP contribution in [0.3, 0.4) is 0 Å². The van der Waals surface area contributed by atoms with Crippen LogP contribution < -0.4 is 5.73 Å². The summed E-state index contributed by atoms with van der Waals surface area (Å²) in [6, 6.07) is 0. The Morgan fingerprint density at radius 1 is 1.25 bits per heavy atom. The zero-order chi connectivity index (χ0) is 15.6. The minimum Gasteiger partial charge on any atom is -0.394 e. The van der Waals surface area contributed by atoms with Crippen LogP contribution >= 0.6 is 0 Å². The maximum atomic E-state index is 9.03. The number of nitrogens with two attached hydrogens (primary N) is 1. The largest absolute Gasteiger partial charge is 0.394 e. The Morgan fingerprint density at radius 3 is 1.90 bits per heavy atom. The fourth-order valence-corrected chi connectivity index (χ4v) is 1.60. The normalized spacial score (nSPS) is 20.4. The summed E-state index contributed by atoms with van der Waals surface area (Å²) >= 11 is 0. The lowest BCUT2D eigenvalue weighted by molar-refractivity contribution is -0.0979. The van der Waals surface area contributed by atoms with Gasteiger partial charge in [0.05, 0.1) is 38.6 Å². The standard InChI is InChI=1S/C6H11NO3.C4H11NO3.CH2O/c8-1-6-2-9-4-7(6)5-10-3-6;1-8-4(5,2-6)3-7;1-2/h8H,1-5H2;6-7H,2-3,5H2,1H3;1H2. The molecule has 9 heteroatoms. The molecule has 2 aliphatic rings. The molecule has 0 spiro atoms. The van der Waals surface area contributed by atoms with Gasteiger partial charge in [-0.05, 0) is 0 Å². The third-order valence-corrected chi connectivity index (χ3v) is 3.14. The van der Waals surface area contributed by atoms with Crippen LogP contribution in [0.5, 0.6) is 0 Å². The van der Waals surface area contributed by atoms with Crippen LogP contribution in [0.15, 0.2) is 0 Å². The molecule has 2 aliphatic heterocycles. The number of rotatable bonds is 4. The van der Waals surface area contributed by atoms with Crippen LogP contribution in [-0.2, 0) is 19.0 Å². The molecule has 0 bridgehead atoms. The van der Waals surface area contributed by atoms with E-state index in [1.54, 1.807) is 0 Å². The van der Waals surface area contributed by atoms with E-state index >= 15 is 0 Å². The van der Waals surface area contributed by atoms with Gasteiger partial charge in [-0.15, -0.1) is 0 Å². The number of fused-ring (bicyclic) bond motifs is 1. The fourth-order valence-electron chi connectivity index (χ4n) is 1.60. The highest BCUT2D eigenvalue weighted by molar-refractivity contribution is 5.11. The van der Waals surface area contributed by atoms with E-state index in [1.807, 2.05) is 11.7 Å². The Bertz CT molecular complexity index is 245. The Hall–Kier alpha value is -0.650. The van der Waals surface area contributed by atoms with Gasteiger partial charge in [0, 0.05) is 7.11 Å². The lowest BCUT2D eigenvalue weighted by Gasteiger charge is -2.23. The minimum atomic E-state index is -1.26. The molecule has 2 heterocycles. The first kappa shape index (κ1) is 19.4. The molecule has 0 saturated carbocycles. The van der Waals surface area contributed by atoms with Crippen LogP contribution in [0, 0.1) is 0 Å². The average Bonchev–Trinajstić information content (AvgIpc) is 3.09. The van der Waals surface area contributed by atoms with Gasteiger partial charge >= 0.3 is 0 Å². The molecular weight excluding hydrogens is 272 g/mol. The zero-order valence-corrected chi connectivity index (χ0v) is 11.7. The molecule has 0 unspecified atom stereocenters. The smallest absolute Gasteiger partial charge is 0.162 e. The summed E-state index contributed by atoms with van der Waals surface area (Å²) in [6.07, 6.45) is 0. The van der Waals surface area contributed by atoms with Crippen molar-refractivity contribution >= 4 is 6.79 Å². The quantitative estimate of drug-likeness (QED) is 0.402. The van der Waals surface area contributed by atoms with E-state index in [4.69, 9.17) is 35.3 Å². The monoisotopic (exact) mass is 296 g/mol. The van der Waals surface area contributed by atoms with Crippen molar-refractivity contribution < 1.29 is 34.3 Å². The highest BCUT2D eigenvalue weighted by Gasteiger charge is 2.46. The van der Waals surface area contributed by atoms with Crippen molar-refractivity contribution in [3.8, 4) is 0 Å². The second-order valence-corrected chi connectivity index (χ2v) is 4.46. The Kier molecular flexibility index (Phi) is 9.01. The Morgan fingerprint density at radius 2 is 1.70 bits per heavy atom. The number of hydrogen-bond acceptors (Lipinski definition) is 9. The van der Waals surface area contributed by atoms with Gasteiger partial charge in [0.25, 0.3) is 0 Å². The lowest BCUT2D eigenvalue weighted by Crippen LogP contribution is -2.48. The number of carbonyl (C=O) groups excluding carboxylic acids is 1. The van der Waals surface area contributed by atoms with Gasteiger partial charge in [0.1, 0.15) is 20.3 Å². The topological polar surface area (TPSA) is 135 Å². The van der Waals surface area contributed by atoms with E-state index in [9.17, 15) is 0 Å². The Labute approximate surface area is 117 Å². The molecule has 0 aromatic carbocycles. The summed E-state index contributed by atoms with van der Waals surface area (Å²) in [5.41, 5.74) is 3.70. The third-order valence-electron chi connectivity index (χ3n) is 3.14. The first-order valence-corrected chi connectivity index (χ1v) is 5.92. The summed E-state index contributed by atoms with van der Waals surface area (Å²) in [5.74, 6) is 0. The average molecular weight is 296 g/mol. The number of aliphatic hydroxyl groups excluding tert-OH is 3. The second kappa shape index (κ2) is 9.32. The van der Waals surface area contributed by atoms with Crippen LogP contribution in [0.1, 0.15) is 0 Å². The van der Waals surface area contributed by atoms with Crippen molar-refractivity contribution in [2.75, 3.05) is 53.6 Å². The fraction of sp³-hybridized carbons (Fsp3) is 0.909. The molecular formula is C11H24N2O7. The molecule has 0 atom stereocenters. The molecule has 5 N–H and O–H groups in total. The van der Waals surface area contributed by atoms with Crippen LogP contribution in [0.2, 0.25) is 0 Å². The molecule has 0 amide bonds. The van der Waals surface area contributed by atoms with Gasteiger partial charge in [0.15, 0.2) is 5.72 Å². The van der Waals surface area contributed by atoms with Crippen molar-refractivity contribution in [1.82, 2.24) is 4.90 Å². The number of carbonyl (C=O) groups is 1. The molecule has 2 rings (SSSR count). The van der Waals surface area contributed by atoms with Crippen molar-refractivity contribution in [3.63, 3.8) is 0 Å². The maximum Gasteiger partial charge on any atom is 0.162 e.